The summed E-state index contributed by atoms with van der Waals surface area (Å²) in [5, 5.41) is 4.16. The molecule has 1 aliphatic rings. The molecule has 3 rings (SSSR count). The molecule has 0 radical (unpaired) electrons. The average molecular weight is 532 g/mol. The number of nitrogens with one attached hydrogen (secondary N) is 1. The van der Waals surface area contributed by atoms with Crippen LogP contribution in [0.25, 0.3) is 0 Å². The van der Waals surface area contributed by atoms with Gasteiger partial charge in [0, 0.05) is 44.2 Å². The lowest BCUT2D eigenvalue weighted by molar-refractivity contribution is 0.110. The van der Waals surface area contributed by atoms with Crippen LogP contribution in [0.15, 0.2) is 48.0 Å². The van der Waals surface area contributed by atoms with E-state index in [-0.39, 0.29) is 30.1 Å². The van der Waals surface area contributed by atoms with E-state index < -0.39 is 0 Å². The lowest BCUT2D eigenvalue weighted by atomic mass is 9.93. The van der Waals surface area contributed by atoms with Crippen molar-refractivity contribution in [2.45, 2.75) is 32.4 Å². The van der Waals surface area contributed by atoms with Gasteiger partial charge in [-0.2, -0.15) is 0 Å². The molecule has 0 amide bonds. The van der Waals surface area contributed by atoms with Gasteiger partial charge < -0.3 is 19.5 Å². The Morgan fingerprint density at radius 2 is 2.28 bits per heavy atom. The lowest BCUT2D eigenvalue weighted by Gasteiger charge is -2.39. The Morgan fingerprint density at radius 1 is 1.45 bits per heavy atom. The second kappa shape index (κ2) is 11.8. The van der Waals surface area contributed by atoms with Gasteiger partial charge in [0.1, 0.15) is 6.10 Å². The van der Waals surface area contributed by atoms with E-state index in [0.717, 1.165) is 37.6 Å². The van der Waals surface area contributed by atoms with Crippen molar-refractivity contribution >= 4 is 41.5 Å². The molecule has 0 bridgehead atoms. The number of halogens is 2. The largest absolute Gasteiger partial charge is 0.375 e. The van der Waals surface area contributed by atoms with Crippen LogP contribution in [0.2, 0.25) is 5.02 Å². The summed E-state index contributed by atoms with van der Waals surface area (Å²) in [5.41, 5.74) is 1.04. The Morgan fingerprint density at radius 3 is 2.93 bits per heavy atom. The summed E-state index contributed by atoms with van der Waals surface area (Å²) >= 11 is 6.14. The molecule has 1 saturated heterocycles. The number of hydrogen-bond acceptors (Lipinski definition) is 3. The van der Waals surface area contributed by atoms with Crippen LogP contribution >= 0.6 is 35.6 Å². The van der Waals surface area contributed by atoms with Gasteiger partial charge in [0.25, 0.3) is 0 Å². The van der Waals surface area contributed by atoms with Gasteiger partial charge in [-0.25, -0.2) is 4.98 Å². The average Bonchev–Trinajstić information content (AvgIpc) is 3.23. The molecule has 1 N–H and O–H groups in total. The number of rotatable bonds is 6. The first-order valence-electron chi connectivity index (χ1n) is 9.91. The van der Waals surface area contributed by atoms with Crippen molar-refractivity contribution in [3.8, 4) is 0 Å². The number of piperidine rings is 1. The first-order valence-corrected chi connectivity index (χ1v) is 10.3. The Bertz CT molecular complexity index is 770. The number of likely N-dealkylation sites (tertiary alicyclic amines) is 1. The fourth-order valence-electron chi connectivity index (χ4n) is 3.71. The molecular weight excluding hydrogens is 501 g/mol. The number of benzene rings is 1. The standard InChI is InChI=1S/C21H30ClN5O.HI/c1-4-24-21(25-13-20(28-3)17-6-5-7-18(22)12-17)26-10-8-16(2)19(14-26)27-11-9-23-15-27;/h5-7,9,11-12,15-16,19-20H,4,8,10,13-14H2,1-3H3,(H,24,25);1H. The summed E-state index contributed by atoms with van der Waals surface area (Å²) in [5.74, 6) is 1.54. The maximum atomic E-state index is 6.14. The van der Waals surface area contributed by atoms with Gasteiger partial charge in [-0.3, -0.25) is 4.99 Å². The van der Waals surface area contributed by atoms with Crippen LogP contribution in [0.4, 0.5) is 0 Å². The number of hydrogen-bond donors (Lipinski definition) is 1. The second-order valence-electron chi connectivity index (χ2n) is 7.26. The number of ether oxygens (including phenoxy) is 1. The third kappa shape index (κ3) is 6.33. The SMILES string of the molecule is CCNC(=NCC(OC)c1cccc(Cl)c1)N1CCC(C)C(n2ccnc2)C1.I. The van der Waals surface area contributed by atoms with Crippen LogP contribution in [0.5, 0.6) is 0 Å². The second-order valence-corrected chi connectivity index (χ2v) is 7.70. The molecule has 6 nitrogen and oxygen atoms in total. The molecule has 8 heteroatoms. The van der Waals surface area contributed by atoms with E-state index in [2.05, 4.69) is 39.8 Å². The van der Waals surface area contributed by atoms with Crippen molar-refractivity contribution in [2.24, 2.45) is 10.9 Å². The quantitative estimate of drug-likeness (QED) is 0.341. The Kier molecular flexibility index (Phi) is 9.71. The van der Waals surface area contributed by atoms with Gasteiger partial charge in [0.15, 0.2) is 5.96 Å². The van der Waals surface area contributed by atoms with Crippen molar-refractivity contribution in [2.75, 3.05) is 33.3 Å². The van der Waals surface area contributed by atoms with Crippen molar-refractivity contribution < 1.29 is 4.74 Å². The molecule has 1 aliphatic heterocycles. The van der Waals surface area contributed by atoms with Crippen LogP contribution in [0.1, 0.15) is 38.0 Å². The number of nitrogens with zero attached hydrogens (tertiary/aromatic N) is 4. The minimum Gasteiger partial charge on any atom is -0.375 e. The van der Waals surface area contributed by atoms with Crippen LogP contribution in [-0.4, -0.2) is 53.7 Å². The van der Waals surface area contributed by atoms with Gasteiger partial charge in [-0.1, -0.05) is 30.7 Å². The van der Waals surface area contributed by atoms with Crippen molar-refractivity contribution in [3.63, 3.8) is 0 Å². The third-order valence-corrected chi connectivity index (χ3v) is 5.61. The topological polar surface area (TPSA) is 54.7 Å². The highest BCUT2D eigenvalue weighted by molar-refractivity contribution is 14.0. The van der Waals surface area contributed by atoms with Crippen LogP contribution in [-0.2, 0) is 4.74 Å². The molecule has 0 saturated carbocycles. The fraction of sp³-hybridized carbons (Fsp3) is 0.524. The van der Waals surface area contributed by atoms with Gasteiger partial charge in [-0.15, -0.1) is 24.0 Å². The van der Waals surface area contributed by atoms with E-state index in [4.69, 9.17) is 21.3 Å². The summed E-state index contributed by atoms with van der Waals surface area (Å²) < 4.78 is 7.89. The van der Waals surface area contributed by atoms with E-state index in [1.807, 2.05) is 36.8 Å². The number of guanidine groups is 1. The highest BCUT2D eigenvalue weighted by atomic mass is 127. The Balaban J connectivity index is 0.00000300. The number of aromatic nitrogens is 2. The van der Waals surface area contributed by atoms with Crippen molar-refractivity contribution in [1.82, 2.24) is 19.8 Å². The first kappa shape index (κ1) is 24.0. The minimum absolute atomic E-state index is 0. The summed E-state index contributed by atoms with van der Waals surface area (Å²) in [6.07, 6.45) is 6.80. The number of methoxy groups -OCH3 is 1. The van der Waals surface area contributed by atoms with E-state index in [1.165, 1.54) is 0 Å². The molecule has 29 heavy (non-hydrogen) atoms. The van der Waals surface area contributed by atoms with Gasteiger partial charge in [0.05, 0.1) is 18.9 Å². The van der Waals surface area contributed by atoms with Crippen molar-refractivity contribution in [3.05, 3.63) is 53.6 Å². The van der Waals surface area contributed by atoms with E-state index in [9.17, 15) is 0 Å². The smallest absolute Gasteiger partial charge is 0.194 e. The van der Waals surface area contributed by atoms with Gasteiger partial charge in [-0.05, 0) is 37.0 Å². The van der Waals surface area contributed by atoms with Gasteiger partial charge in [0.2, 0.25) is 0 Å². The number of imidazole rings is 1. The molecule has 3 atom stereocenters. The van der Waals surface area contributed by atoms with Gasteiger partial charge >= 0.3 is 0 Å². The normalized spacial score (nSPS) is 20.8. The molecule has 1 aromatic heterocycles. The monoisotopic (exact) mass is 531 g/mol. The maximum absolute atomic E-state index is 6.14. The number of aliphatic imine (C=N–C) groups is 1. The Labute approximate surface area is 195 Å². The van der Waals surface area contributed by atoms with Crippen LogP contribution in [0, 0.1) is 5.92 Å². The molecule has 160 valence electrons. The highest BCUT2D eigenvalue weighted by Crippen LogP contribution is 2.27. The molecule has 1 fully saturated rings. The lowest BCUT2D eigenvalue weighted by Crippen LogP contribution is -2.49. The van der Waals surface area contributed by atoms with E-state index in [0.29, 0.717) is 23.5 Å². The first-order chi connectivity index (χ1) is 13.6. The molecule has 2 heterocycles. The van der Waals surface area contributed by atoms with Crippen LogP contribution < -0.4 is 5.32 Å². The zero-order valence-corrected chi connectivity index (χ0v) is 20.4. The molecule has 2 aromatic rings. The van der Waals surface area contributed by atoms with E-state index in [1.54, 1.807) is 7.11 Å². The summed E-state index contributed by atoms with van der Waals surface area (Å²) in [6.45, 7) is 7.69. The summed E-state index contributed by atoms with van der Waals surface area (Å²) in [6, 6.07) is 8.18. The predicted molar refractivity (Wildman–Crippen MR) is 129 cm³/mol. The molecule has 1 aromatic carbocycles. The van der Waals surface area contributed by atoms with Crippen molar-refractivity contribution in [1.29, 1.82) is 0 Å². The molecule has 0 aliphatic carbocycles. The molecule has 3 unspecified atom stereocenters. The fourth-order valence-corrected chi connectivity index (χ4v) is 3.91. The predicted octanol–water partition coefficient (Wildman–Crippen LogP) is 4.39. The summed E-state index contributed by atoms with van der Waals surface area (Å²) in [4.78, 5) is 11.5. The zero-order valence-electron chi connectivity index (χ0n) is 17.3. The Hall–Kier alpha value is -1.32. The maximum Gasteiger partial charge on any atom is 0.194 e. The minimum atomic E-state index is -0.125. The summed E-state index contributed by atoms with van der Waals surface area (Å²) in [7, 11) is 1.71. The molecular formula is C21H31ClIN5O. The van der Waals surface area contributed by atoms with Crippen LogP contribution in [0.3, 0.4) is 0 Å². The molecule has 0 spiro atoms. The highest BCUT2D eigenvalue weighted by Gasteiger charge is 2.29. The van der Waals surface area contributed by atoms with E-state index >= 15 is 0 Å². The third-order valence-electron chi connectivity index (χ3n) is 5.37. The zero-order chi connectivity index (χ0) is 19.9.